The number of carbonyl (C=O) groups is 1. The van der Waals surface area contributed by atoms with Crippen molar-refractivity contribution in [1.82, 2.24) is 0 Å². The van der Waals surface area contributed by atoms with Crippen molar-refractivity contribution in [1.29, 1.82) is 0 Å². The molecule has 0 spiro atoms. The van der Waals surface area contributed by atoms with Gasteiger partial charge in [0.15, 0.2) is 5.78 Å². The van der Waals surface area contributed by atoms with E-state index in [9.17, 15) is 9.59 Å². The van der Waals surface area contributed by atoms with Crippen LogP contribution in [-0.2, 0) is 6.42 Å². The van der Waals surface area contributed by atoms with Gasteiger partial charge in [-0.1, -0.05) is 49.4 Å². The highest BCUT2D eigenvalue weighted by Gasteiger charge is 2.08. The first-order chi connectivity index (χ1) is 10.7. The zero-order valence-electron chi connectivity index (χ0n) is 12.8. The van der Waals surface area contributed by atoms with Gasteiger partial charge in [0.25, 0.3) is 0 Å². The van der Waals surface area contributed by atoms with Crippen LogP contribution in [0.1, 0.15) is 28.4 Å². The molecule has 22 heavy (non-hydrogen) atoms. The van der Waals surface area contributed by atoms with Crippen LogP contribution in [0.3, 0.4) is 0 Å². The van der Waals surface area contributed by atoms with Gasteiger partial charge in [0.2, 0.25) is 5.43 Å². The monoisotopic (exact) mass is 293 g/mol. The first kappa shape index (κ1) is 15.7. The SMILES string of the molecule is CCc1ccc(C=CC(=O)c2ccccc(NC)c2=O)cc1. The lowest BCUT2D eigenvalue weighted by molar-refractivity contribution is 0.104. The molecule has 0 aliphatic rings. The normalized spacial score (nSPS) is 10.6. The molecule has 1 N–H and O–H groups in total. The molecule has 0 aromatic heterocycles. The lowest BCUT2D eigenvalue weighted by atomic mass is 10.1. The topological polar surface area (TPSA) is 46.2 Å². The second-order valence-corrected chi connectivity index (χ2v) is 4.92. The van der Waals surface area contributed by atoms with Crippen molar-refractivity contribution in [2.45, 2.75) is 13.3 Å². The summed E-state index contributed by atoms with van der Waals surface area (Å²) in [5.41, 5.74) is 2.47. The third-order valence-corrected chi connectivity index (χ3v) is 3.48. The van der Waals surface area contributed by atoms with Gasteiger partial charge in [0.05, 0.1) is 11.3 Å². The number of carbonyl (C=O) groups excluding carboxylic acids is 1. The van der Waals surface area contributed by atoms with Crippen molar-refractivity contribution in [2.24, 2.45) is 0 Å². The molecule has 0 radical (unpaired) electrons. The van der Waals surface area contributed by atoms with E-state index < -0.39 is 0 Å². The largest absolute Gasteiger partial charge is 0.385 e. The highest BCUT2D eigenvalue weighted by Crippen LogP contribution is 2.08. The summed E-state index contributed by atoms with van der Waals surface area (Å²) in [5.74, 6) is -0.294. The van der Waals surface area contributed by atoms with E-state index in [2.05, 4.69) is 12.2 Å². The first-order valence-corrected chi connectivity index (χ1v) is 7.28. The Hall–Kier alpha value is -2.68. The maximum absolute atomic E-state index is 12.3. The minimum atomic E-state index is -0.294. The number of ketones is 1. The van der Waals surface area contributed by atoms with Crippen LogP contribution in [0.25, 0.3) is 6.08 Å². The summed E-state index contributed by atoms with van der Waals surface area (Å²) in [7, 11) is 1.66. The predicted octanol–water partition coefficient (Wildman–Crippen LogP) is 3.55. The summed E-state index contributed by atoms with van der Waals surface area (Å²) in [4.78, 5) is 24.5. The highest BCUT2D eigenvalue weighted by atomic mass is 16.1. The molecule has 3 nitrogen and oxygen atoms in total. The fraction of sp³-hybridized carbons (Fsp3) is 0.158. The number of hydrogen-bond acceptors (Lipinski definition) is 3. The van der Waals surface area contributed by atoms with Crippen molar-refractivity contribution < 1.29 is 4.79 Å². The van der Waals surface area contributed by atoms with Gasteiger partial charge in [-0.3, -0.25) is 9.59 Å². The van der Waals surface area contributed by atoms with Crippen molar-refractivity contribution in [2.75, 3.05) is 12.4 Å². The van der Waals surface area contributed by atoms with E-state index in [1.54, 1.807) is 37.4 Å². The second kappa shape index (κ2) is 7.36. The summed E-state index contributed by atoms with van der Waals surface area (Å²) < 4.78 is 0. The van der Waals surface area contributed by atoms with E-state index in [-0.39, 0.29) is 16.8 Å². The number of anilines is 1. The molecule has 0 aliphatic carbocycles. The summed E-state index contributed by atoms with van der Waals surface area (Å²) in [6.07, 6.45) is 4.15. The molecule has 3 heteroatoms. The second-order valence-electron chi connectivity index (χ2n) is 4.92. The zero-order chi connectivity index (χ0) is 15.9. The molecule has 2 aromatic carbocycles. The molecule has 0 saturated carbocycles. The third kappa shape index (κ3) is 3.70. The van der Waals surface area contributed by atoms with Crippen LogP contribution < -0.4 is 10.7 Å². The van der Waals surface area contributed by atoms with Gasteiger partial charge in [-0.2, -0.15) is 0 Å². The molecular weight excluding hydrogens is 274 g/mol. The number of rotatable bonds is 5. The Labute approximate surface area is 130 Å². The number of nitrogens with one attached hydrogen (secondary N) is 1. The minimum absolute atomic E-state index is 0.163. The van der Waals surface area contributed by atoms with E-state index in [4.69, 9.17) is 0 Å². The van der Waals surface area contributed by atoms with Crippen LogP contribution in [0.2, 0.25) is 0 Å². The van der Waals surface area contributed by atoms with E-state index in [0.29, 0.717) is 5.69 Å². The zero-order valence-corrected chi connectivity index (χ0v) is 12.8. The highest BCUT2D eigenvalue weighted by molar-refractivity contribution is 6.07. The van der Waals surface area contributed by atoms with Gasteiger partial charge >= 0.3 is 0 Å². The maximum atomic E-state index is 12.3. The van der Waals surface area contributed by atoms with E-state index in [1.165, 1.54) is 11.6 Å². The lowest BCUT2D eigenvalue weighted by Crippen LogP contribution is -2.14. The molecule has 112 valence electrons. The molecule has 0 atom stereocenters. The average molecular weight is 293 g/mol. The molecule has 2 aromatic rings. The summed E-state index contributed by atoms with van der Waals surface area (Å²) in [6, 6.07) is 14.6. The lowest BCUT2D eigenvalue weighted by Gasteiger charge is -1.98. The molecule has 2 rings (SSSR count). The Morgan fingerprint density at radius 3 is 2.41 bits per heavy atom. The fourth-order valence-electron chi connectivity index (χ4n) is 2.12. The quantitative estimate of drug-likeness (QED) is 0.677. The summed E-state index contributed by atoms with van der Waals surface area (Å²) in [6.45, 7) is 2.10. The van der Waals surface area contributed by atoms with Crippen molar-refractivity contribution in [3.05, 3.63) is 81.5 Å². The van der Waals surface area contributed by atoms with Gasteiger partial charge in [0, 0.05) is 7.05 Å². The van der Waals surface area contributed by atoms with E-state index >= 15 is 0 Å². The van der Waals surface area contributed by atoms with Gasteiger partial charge in [-0.15, -0.1) is 0 Å². The van der Waals surface area contributed by atoms with Crippen LogP contribution in [-0.4, -0.2) is 12.8 Å². The van der Waals surface area contributed by atoms with Crippen LogP contribution >= 0.6 is 0 Å². The Morgan fingerprint density at radius 2 is 1.77 bits per heavy atom. The van der Waals surface area contributed by atoms with Gasteiger partial charge in [-0.05, 0) is 35.8 Å². The molecule has 0 aliphatic heterocycles. The summed E-state index contributed by atoms with van der Waals surface area (Å²) in [5, 5.41) is 2.81. The van der Waals surface area contributed by atoms with Gasteiger partial charge < -0.3 is 5.32 Å². The predicted molar refractivity (Wildman–Crippen MR) is 91.4 cm³/mol. The third-order valence-electron chi connectivity index (χ3n) is 3.48. The van der Waals surface area contributed by atoms with E-state index in [1.807, 2.05) is 24.3 Å². The Bertz CT molecular complexity index is 746. The smallest absolute Gasteiger partial charge is 0.212 e. The number of allylic oxidation sites excluding steroid dienone is 1. The summed E-state index contributed by atoms with van der Waals surface area (Å²) >= 11 is 0. The average Bonchev–Trinajstić information content (AvgIpc) is 2.74. The molecule has 0 heterocycles. The molecule has 0 unspecified atom stereocenters. The molecule has 0 amide bonds. The fourth-order valence-corrected chi connectivity index (χ4v) is 2.12. The standard InChI is InChI=1S/C19H19NO2/c1-3-14-8-10-15(11-9-14)12-13-18(21)16-6-4-5-7-17(20-2)19(16)22/h4-13H,3H2,1-2H3,(H,20,22). The van der Waals surface area contributed by atoms with Crippen LogP contribution in [0.15, 0.2) is 59.4 Å². The Balaban J connectivity index is 2.27. The van der Waals surface area contributed by atoms with Gasteiger partial charge in [-0.25, -0.2) is 0 Å². The van der Waals surface area contributed by atoms with E-state index in [0.717, 1.165) is 12.0 Å². The number of aryl methyl sites for hydroxylation is 1. The Kier molecular flexibility index (Phi) is 5.26. The number of hydrogen-bond donors (Lipinski definition) is 1. The van der Waals surface area contributed by atoms with Gasteiger partial charge in [0.1, 0.15) is 0 Å². The van der Waals surface area contributed by atoms with Crippen molar-refractivity contribution in [3.63, 3.8) is 0 Å². The molecular formula is C19H19NO2. The van der Waals surface area contributed by atoms with Crippen molar-refractivity contribution in [3.8, 4) is 0 Å². The molecule has 0 saturated heterocycles. The maximum Gasteiger partial charge on any atom is 0.212 e. The minimum Gasteiger partial charge on any atom is -0.385 e. The molecule has 0 fully saturated rings. The van der Waals surface area contributed by atoms with Crippen LogP contribution in [0.4, 0.5) is 5.69 Å². The number of benzene rings is 1. The van der Waals surface area contributed by atoms with Crippen LogP contribution in [0, 0.1) is 0 Å². The first-order valence-electron chi connectivity index (χ1n) is 7.28. The molecule has 0 bridgehead atoms. The Morgan fingerprint density at radius 1 is 1.09 bits per heavy atom. The van der Waals surface area contributed by atoms with Crippen LogP contribution in [0.5, 0.6) is 0 Å². The van der Waals surface area contributed by atoms with Crippen molar-refractivity contribution >= 4 is 17.5 Å².